The monoisotopic (exact) mass is 885 g/mol. The van der Waals surface area contributed by atoms with Gasteiger partial charge in [0, 0.05) is 30.1 Å². The minimum Gasteiger partial charge on any atom is -0.497 e. The zero-order valence-corrected chi connectivity index (χ0v) is 39.7. The van der Waals surface area contributed by atoms with Gasteiger partial charge in [0.15, 0.2) is 28.9 Å². The van der Waals surface area contributed by atoms with Gasteiger partial charge in [0.2, 0.25) is 0 Å². The summed E-state index contributed by atoms with van der Waals surface area (Å²) >= 11 is 0. The molecular weight excluding hydrogens is 823 g/mol. The Morgan fingerprint density at radius 1 is 0.869 bits per heavy atom. The molecule has 19 heteroatoms. The number of aromatic nitrogens is 2. The molecule has 0 saturated carbocycles. The van der Waals surface area contributed by atoms with Crippen LogP contribution in [0.25, 0.3) is 0 Å². The lowest BCUT2D eigenvalue weighted by Gasteiger charge is -2.44. The molecule has 3 aromatic rings. The minimum atomic E-state index is -2.81. The van der Waals surface area contributed by atoms with Gasteiger partial charge in [0.05, 0.1) is 18.6 Å². The highest BCUT2D eigenvalue weighted by molar-refractivity contribution is 6.74. The number of ether oxygens (including phenoxy) is 3. The molecule has 0 bridgehead atoms. The van der Waals surface area contributed by atoms with Crippen LogP contribution < -0.4 is 26.6 Å². The summed E-state index contributed by atoms with van der Waals surface area (Å²) in [6.45, 7) is 25.1. The standard InChI is InChI=1S/C42H63N5O12Si2/c1-40(2,3)57-37(50)31(44-38(51)43-27-17-19-28(20-18-27)47(53)54)32(49)33-34(58-60(11,12)41(4,5)6)35(59-61(13,14)42(7,8)9)36(56-33)45-24-23-30(48)46(39(45)52)25-26-15-21-29(55-10)22-16-26/h15-24,31-36,49H,25H2,1-14H3,(H2,43,44,51)/t31-,32-,33?,34+,35+,36+/m0/s1. The number of carbonyl (C=O) groups excluding carboxylic acids is 2. The maximum atomic E-state index is 14.5. The van der Waals surface area contributed by atoms with Crippen molar-refractivity contribution in [2.45, 2.75) is 147 Å². The minimum absolute atomic E-state index is 0.0760. The molecule has 1 aromatic heterocycles. The average Bonchev–Trinajstić information content (AvgIpc) is 3.46. The number of aliphatic hydroxyl groups excluding tert-OH is 1. The summed E-state index contributed by atoms with van der Waals surface area (Å²) in [5, 5.41) is 28.1. The van der Waals surface area contributed by atoms with Crippen LogP contribution in [-0.4, -0.2) is 91.0 Å². The van der Waals surface area contributed by atoms with Crippen LogP contribution in [0.4, 0.5) is 16.2 Å². The predicted molar refractivity (Wildman–Crippen MR) is 236 cm³/mol. The van der Waals surface area contributed by atoms with Crippen molar-refractivity contribution in [1.82, 2.24) is 14.5 Å². The lowest BCUT2D eigenvalue weighted by molar-refractivity contribution is -0.384. The van der Waals surface area contributed by atoms with Gasteiger partial charge in [0.25, 0.3) is 11.2 Å². The number of aliphatic hydroxyl groups is 1. The quantitative estimate of drug-likeness (QED) is 0.0681. The van der Waals surface area contributed by atoms with E-state index in [1.807, 2.05) is 67.7 Å². The normalized spacial score (nSPS) is 19.8. The summed E-state index contributed by atoms with van der Waals surface area (Å²) in [7, 11) is -4.06. The van der Waals surface area contributed by atoms with E-state index in [1.54, 1.807) is 45.0 Å². The summed E-state index contributed by atoms with van der Waals surface area (Å²) in [5.41, 5.74) is -1.70. The first-order valence-corrected chi connectivity index (χ1v) is 26.0. The Labute approximate surface area is 359 Å². The number of nitro groups is 1. The van der Waals surface area contributed by atoms with Crippen molar-refractivity contribution in [3.05, 3.63) is 97.3 Å². The van der Waals surface area contributed by atoms with Gasteiger partial charge in [-0.05, 0) is 86.9 Å². The van der Waals surface area contributed by atoms with Crippen molar-refractivity contribution in [3.8, 4) is 5.75 Å². The Kier molecular flexibility index (Phi) is 14.7. The third kappa shape index (κ3) is 11.8. The molecule has 17 nitrogen and oxygen atoms in total. The van der Waals surface area contributed by atoms with Gasteiger partial charge in [-0.25, -0.2) is 14.4 Å². The van der Waals surface area contributed by atoms with E-state index in [0.717, 1.165) is 4.57 Å². The SMILES string of the molecule is COc1ccc(Cn2c(=O)ccn([C@@H]3OC([C@@H](O)[C@H](NC(=O)Nc4ccc([N+](=O)[O-])cc4)C(=O)OC(C)(C)C)[C@@H](O[Si](C)(C)C(C)(C)C)[C@H]3O[Si](C)(C)C(C)(C)C)c2=O)cc1. The van der Waals surface area contributed by atoms with Crippen LogP contribution in [-0.2, 0) is 29.7 Å². The number of urea groups is 1. The zero-order chi connectivity index (χ0) is 46.0. The van der Waals surface area contributed by atoms with Crippen molar-refractivity contribution in [2.75, 3.05) is 12.4 Å². The number of nitrogens with zero attached hydrogens (tertiary/aromatic N) is 3. The lowest BCUT2D eigenvalue weighted by atomic mass is 9.99. The summed E-state index contributed by atoms with van der Waals surface area (Å²) < 4.78 is 34.3. The van der Waals surface area contributed by atoms with Crippen molar-refractivity contribution < 1.29 is 42.7 Å². The number of nitro benzene ring substituents is 1. The van der Waals surface area contributed by atoms with Gasteiger partial charge in [-0.15, -0.1) is 0 Å². The topological polar surface area (TPSA) is 212 Å². The van der Waals surface area contributed by atoms with E-state index < -0.39 is 87.1 Å². The van der Waals surface area contributed by atoms with Gasteiger partial charge in [0.1, 0.15) is 35.8 Å². The van der Waals surface area contributed by atoms with Crippen LogP contribution in [0, 0.1) is 10.1 Å². The van der Waals surface area contributed by atoms with E-state index >= 15 is 0 Å². The Morgan fingerprint density at radius 3 is 1.90 bits per heavy atom. The molecule has 2 amide bonds. The molecule has 61 heavy (non-hydrogen) atoms. The maximum absolute atomic E-state index is 14.5. The maximum Gasteiger partial charge on any atom is 0.333 e. The van der Waals surface area contributed by atoms with Crippen LogP contribution in [0.2, 0.25) is 36.3 Å². The number of rotatable bonds is 14. The van der Waals surface area contributed by atoms with Crippen molar-refractivity contribution in [3.63, 3.8) is 0 Å². The molecule has 1 unspecified atom stereocenters. The number of benzene rings is 2. The molecule has 1 saturated heterocycles. The molecule has 2 heterocycles. The predicted octanol–water partition coefficient (Wildman–Crippen LogP) is 6.55. The van der Waals surface area contributed by atoms with E-state index in [0.29, 0.717) is 11.3 Å². The van der Waals surface area contributed by atoms with Crippen LogP contribution in [0.3, 0.4) is 0 Å². The summed E-state index contributed by atoms with van der Waals surface area (Å²) in [6.07, 6.45) is -5.49. The average molecular weight is 886 g/mol. The lowest BCUT2D eigenvalue weighted by Crippen LogP contribution is -2.60. The van der Waals surface area contributed by atoms with Crippen LogP contribution >= 0.6 is 0 Å². The molecule has 0 aliphatic carbocycles. The number of non-ortho nitro benzene ring substituents is 1. The number of methoxy groups -OCH3 is 1. The number of amides is 2. The highest BCUT2D eigenvalue weighted by atomic mass is 28.4. The largest absolute Gasteiger partial charge is 0.497 e. The van der Waals surface area contributed by atoms with E-state index in [9.17, 15) is 34.4 Å². The number of anilines is 1. The van der Waals surface area contributed by atoms with Gasteiger partial charge in [-0.1, -0.05) is 53.7 Å². The molecule has 1 aliphatic rings. The van der Waals surface area contributed by atoms with Gasteiger partial charge >= 0.3 is 17.7 Å². The number of nitrogens with one attached hydrogen (secondary N) is 2. The highest BCUT2D eigenvalue weighted by Crippen LogP contribution is 2.46. The molecule has 2 aromatic carbocycles. The first-order chi connectivity index (χ1) is 28.0. The third-order valence-corrected chi connectivity index (χ3v) is 20.5. The summed E-state index contributed by atoms with van der Waals surface area (Å²) in [4.78, 5) is 66.1. The van der Waals surface area contributed by atoms with Gasteiger partial charge in [-0.3, -0.25) is 24.0 Å². The molecular formula is C42H63N5O12Si2. The third-order valence-electron chi connectivity index (χ3n) is 11.5. The van der Waals surface area contributed by atoms with E-state index in [1.165, 1.54) is 48.2 Å². The Hall–Kier alpha value is -4.67. The first kappa shape index (κ1) is 49.0. The van der Waals surface area contributed by atoms with Crippen LogP contribution in [0.15, 0.2) is 70.4 Å². The fraction of sp³-hybridized carbons (Fsp3) is 0.571. The number of esters is 1. The van der Waals surface area contributed by atoms with Crippen LogP contribution in [0.5, 0.6) is 5.75 Å². The summed E-state index contributed by atoms with van der Waals surface area (Å²) in [6, 6.07) is 10.5. The summed E-state index contributed by atoms with van der Waals surface area (Å²) in [5.74, 6) is -0.393. The molecule has 336 valence electrons. The van der Waals surface area contributed by atoms with E-state index in [-0.39, 0.29) is 28.0 Å². The first-order valence-electron chi connectivity index (χ1n) is 20.2. The molecule has 1 aliphatic heterocycles. The fourth-order valence-electron chi connectivity index (χ4n) is 6.05. The van der Waals surface area contributed by atoms with Crippen molar-refractivity contribution in [1.29, 1.82) is 0 Å². The van der Waals surface area contributed by atoms with E-state index in [2.05, 4.69) is 10.6 Å². The number of carbonyl (C=O) groups is 2. The Bertz CT molecular complexity index is 2150. The van der Waals surface area contributed by atoms with E-state index in [4.69, 9.17) is 23.1 Å². The molecule has 0 spiro atoms. The number of hydrogen-bond donors (Lipinski definition) is 3. The second-order valence-corrected chi connectivity index (χ2v) is 28.9. The molecule has 3 N–H and O–H groups in total. The van der Waals surface area contributed by atoms with Gasteiger partial charge < -0.3 is 38.8 Å². The second kappa shape index (κ2) is 18.4. The zero-order valence-electron chi connectivity index (χ0n) is 37.7. The van der Waals surface area contributed by atoms with Gasteiger partial charge in [-0.2, -0.15) is 0 Å². The molecule has 6 atom stereocenters. The Balaban J connectivity index is 1.90. The smallest absolute Gasteiger partial charge is 0.333 e. The molecule has 1 fully saturated rings. The fourth-order valence-corrected chi connectivity index (χ4v) is 8.64. The van der Waals surface area contributed by atoms with Crippen molar-refractivity contribution in [2.24, 2.45) is 0 Å². The highest BCUT2D eigenvalue weighted by Gasteiger charge is 2.58. The van der Waals surface area contributed by atoms with Crippen molar-refractivity contribution >= 4 is 40.0 Å². The second-order valence-electron chi connectivity index (χ2n) is 19.4. The molecule has 0 radical (unpaired) electrons. The molecule has 4 rings (SSSR count). The Morgan fingerprint density at radius 2 is 1.41 bits per heavy atom. The van der Waals surface area contributed by atoms with Crippen LogP contribution in [0.1, 0.15) is 74.1 Å². The number of hydrogen-bond acceptors (Lipinski definition) is 12.